The molecule has 20 heavy (non-hydrogen) atoms. The third-order valence-corrected chi connectivity index (χ3v) is 3.84. The molecule has 1 aromatic heterocycles. The monoisotopic (exact) mass is 267 g/mol. The predicted octanol–water partition coefficient (Wildman–Crippen LogP) is 3.40. The van der Waals surface area contributed by atoms with Gasteiger partial charge in [0.05, 0.1) is 0 Å². The smallest absolute Gasteiger partial charge is 0.138 e. The van der Waals surface area contributed by atoms with E-state index in [4.69, 9.17) is 4.98 Å². The standard InChI is InChI=1S/C17H21N3/c1-11(2)8-13-10-16(18-3)20-17(19-13)15-9-12-6-4-5-7-14(12)15/h4-7,10-11,15H,8-9H2,1-3H3,(H,18,19,20). The van der Waals surface area contributed by atoms with E-state index in [1.807, 2.05) is 7.05 Å². The van der Waals surface area contributed by atoms with Crippen LogP contribution >= 0.6 is 0 Å². The van der Waals surface area contributed by atoms with Crippen LogP contribution in [0.4, 0.5) is 5.82 Å². The number of hydrogen-bond acceptors (Lipinski definition) is 3. The Bertz CT molecular complexity index is 619. The molecule has 2 aromatic rings. The van der Waals surface area contributed by atoms with Gasteiger partial charge in [-0.1, -0.05) is 38.1 Å². The summed E-state index contributed by atoms with van der Waals surface area (Å²) in [4.78, 5) is 9.45. The molecule has 1 aliphatic rings. The van der Waals surface area contributed by atoms with E-state index in [2.05, 4.69) is 54.5 Å². The highest BCUT2D eigenvalue weighted by Gasteiger charge is 2.29. The second-order valence-corrected chi connectivity index (χ2v) is 5.91. The first-order valence-electron chi connectivity index (χ1n) is 7.30. The molecule has 1 aromatic carbocycles. The topological polar surface area (TPSA) is 37.8 Å². The predicted molar refractivity (Wildman–Crippen MR) is 82.1 cm³/mol. The first-order valence-corrected chi connectivity index (χ1v) is 7.30. The van der Waals surface area contributed by atoms with Gasteiger partial charge in [0.1, 0.15) is 11.6 Å². The van der Waals surface area contributed by atoms with Gasteiger partial charge >= 0.3 is 0 Å². The average molecular weight is 267 g/mol. The number of anilines is 1. The van der Waals surface area contributed by atoms with Gasteiger partial charge in [0.2, 0.25) is 0 Å². The van der Waals surface area contributed by atoms with Crippen molar-refractivity contribution in [2.24, 2.45) is 5.92 Å². The van der Waals surface area contributed by atoms with Crippen molar-refractivity contribution in [3.05, 3.63) is 53.0 Å². The molecule has 0 aliphatic heterocycles. The van der Waals surface area contributed by atoms with Crippen molar-refractivity contribution in [1.82, 2.24) is 9.97 Å². The Morgan fingerprint density at radius 1 is 1.25 bits per heavy atom. The summed E-state index contributed by atoms with van der Waals surface area (Å²) in [5, 5.41) is 3.16. The van der Waals surface area contributed by atoms with Crippen LogP contribution in [0, 0.1) is 5.92 Å². The van der Waals surface area contributed by atoms with Crippen LogP contribution < -0.4 is 5.32 Å². The summed E-state index contributed by atoms with van der Waals surface area (Å²) < 4.78 is 0. The van der Waals surface area contributed by atoms with Crippen molar-refractivity contribution in [2.75, 3.05) is 12.4 Å². The highest BCUT2D eigenvalue weighted by molar-refractivity contribution is 5.46. The van der Waals surface area contributed by atoms with E-state index < -0.39 is 0 Å². The summed E-state index contributed by atoms with van der Waals surface area (Å²) in [5.41, 5.74) is 3.95. The number of rotatable bonds is 4. The van der Waals surface area contributed by atoms with E-state index in [0.29, 0.717) is 11.8 Å². The maximum atomic E-state index is 4.79. The SMILES string of the molecule is CNc1cc(CC(C)C)nc(C2Cc3ccccc32)n1. The van der Waals surface area contributed by atoms with Crippen molar-refractivity contribution in [2.45, 2.75) is 32.6 Å². The Balaban J connectivity index is 1.94. The number of nitrogens with one attached hydrogen (secondary N) is 1. The lowest BCUT2D eigenvalue weighted by atomic mass is 9.77. The fraction of sp³-hybridized carbons (Fsp3) is 0.412. The summed E-state index contributed by atoms with van der Waals surface area (Å²) in [6.45, 7) is 4.44. The largest absolute Gasteiger partial charge is 0.373 e. The zero-order valence-electron chi connectivity index (χ0n) is 12.4. The third-order valence-electron chi connectivity index (χ3n) is 3.84. The second kappa shape index (κ2) is 5.23. The quantitative estimate of drug-likeness (QED) is 0.922. The van der Waals surface area contributed by atoms with Gasteiger partial charge in [0.25, 0.3) is 0 Å². The molecule has 1 aliphatic carbocycles. The van der Waals surface area contributed by atoms with E-state index in [9.17, 15) is 0 Å². The molecule has 1 atom stereocenters. The molecule has 0 bridgehead atoms. The first-order chi connectivity index (χ1) is 9.67. The van der Waals surface area contributed by atoms with Gasteiger partial charge in [-0.05, 0) is 29.9 Å². The molecule has 3 heteroatoms. The van der Waals surface area contributed by atoms with Crippen LogP contribution in [0.1, 0.15) is 42.4 Å². The molecule has 0 amide bonds. The number of benzene rings is 1. The maximum Gasteiger partial charge on any atom is 0.138 e. The van der Waals surface area contributed by atoms with Crippen molar-refractivity contribution in [3.8, 4) is 0 Å². The van der Waals surface area contributed by atoms with Gasteiger partial charge in [0, 0.05) is 24.7 Å². The van der Waals surface area contributed by atoms with Crippen LogP contribution in [0.15, 0.2) is 30.3 Å². The average Bonchev–Trinajstić information content (AvgIpc) is 2.39. The highest BCUT2D eigenvalue weighted by atomic mass is 15.0. The Morgan fingerprint density at radius 3 is 2.75 bits per heavy atom. The van der Waals surface area contributed by atoms with Crippen molar-refractivity contribution >= 4 is 5.82 Å². The minimum atomic E-state index is 0.366. The van der Waals surface area contributed by atoms with Gasteiger partial charge < -0.3 is 5.32 Å². The number of aromatic nitrogens is 2. The molecule has 3 nitrogen and oxygen atoms in total. The second-order valence-electron chi connectivity index (χ2n) is 5.91. The molecular weight excluding hydrogens is 246 g/mol. The van der Waals surface area contributed by atoms with Gasteiger partial charge in [-0.15, -0.1) is 0 Å². The lowest BCUT2D eigenvalue weighted by Crippen LogP contribution is -2.21. The van der Waals surface area contributed by atoms with E-state index in [1.54, 1.807) is 0 Å². The molecule has 1 N–H and O–H groups in total. The summed E-state index contributed by atoms with van der Waals surface area (Å²) in [6, 6.07) is 10.7. The molecule has 104 valence electrons. The van der Waals surface area contributed by atoms with Crippen LogP contribution in [0.3, 0.4) is 0 Å². The Hall–Kier alpha value is -1.90. The van der Waals surface area contributed by atoms with Gasteiger partial charge in [-0.2, -0.15) is 0 Å². The summed E-state index contributed by atoms with van der Waals surface area (Å²) in [5.74, 6) is 2.86. The molecular formula is C17H21N3. The minimum Gasteiger partial charge on any atom is -0.373 e. The maximum absolute atomic E-state index is 4.79. The van der Waals surface area contributed by atoms with Gasteiger partial charge in [0.15, 0.2) is 0 Å². The number of fused-ring (bicyclic) bond motifs is 1. The van der Waals surface area contributed by atoms with E-state index >= 15 is 0 Å². The van der Waals surface area contributed by atoms with Crippen molar-refractivity contribution in [3.63, 3.8) is 0 Å². The van der Waals surface area contributed by atoms with Crippen molar-refractivity contribution < 1.29 is 0 Å². The Kier molecular flexibility index (Phi) is 3.43. The van der Waals surface area contributed by atoms with Crippen LogP contribution in [0.5, 0.6) is 0 Å². The van der Waals surface area contributed by atoms with E-state index in [1.165, 1.54) is 11.1 Å². The summed E-state index contributed by atoms with van der Waals surface area (Å²) >= 11 is 0. The van der Waals surface area contributed by atoms with E-state index in [-0.39, 0.29) is 0 Å². The highest BCUT2D eigenvalue weighted by Crippen LogP contribution is 2.38. The van der Waals surface area contributed by atoms with Crippen LogP contribution in [0.25, 0.3) is 0 Å². The molecule has 1 heterocycles. The molecule has 0 fully saturated rings. The zero-order valence-corrected chi connectivity index (χ0v) is 12.4. The number of hydrogen-bond donors (Lipinski definition) is 1. The minimum absolute atomic E-state index is 0.366. The normalized spacial score (nSPS) is 16.7. The molecule has 3 rings (SSSR count). The molecule has 0 saturated carbocycles. The van der Waals surface area contributed by atoms with Gasteiger partial charge in [-0.25, -0.2) is 9.97 Å². The lowest BCUT2D eigenvalue weighted by molar-refractivity contribution is 0.613. The third kappa shape index (κ3) is 2.40. The fourth-order valence-electron chi connectivity index (χ4n) is 2.81. The summed E-state index contributed by atoms with van der Waals surface area (Å²) in [7, 11) is 1.92. The zero-order chi connectivity index (χ0) is 14.1. The van der Waals surface area contributed by atoms with Crippen molar-refractivity contribution in [1.29, 1.82) is 0 Å². The molecule has 0 saturated heterocycles. The Labute approximate surface area is 120 Å². The number of nitrogens with zero attached hydrogens (tertiary/aromatic N) is 2. The Morgan fingerprint density at radius 2 is 2.05 bits per heavy atom. The fourth-order valence-corrected chi connectivity index (χ4v) is 2.81. The lowest BCUT2D eigenvalue weighted by Gasteiger charge is -2.29. The van der Waals surface area contributed by atoms with E-state index in [0.717, 1.165) is 30.2 Å². The first kappa shape index (κ1) is 13.1. The van der Waals surface area contributed by atoms with Crippen LogP contribution in [0.2, 0.25) is 0 Å². The molecule has 1 unspecified atom stereocenters. The summed E-state index contributed by atoms with van der Waals surface area (Å²) in [6.07, 6.45) is 2.06. The van der Waals surface area contributed by atoms with Crippen LogP contribution in [-0.4, -0.2) is 17.0 Å². The molecule has 0 spiro atoms. The van der Waals surface area contributed by atoms with Gasteiger partial charge in [-0.3, -0.25) is 0 Å². The van der Waals surface area contributed by atoms with Crippen LogP contribution in [-0.2, 0) is 12.8 Å². The molecule has 0 radical (unpaired) electrons.